The highest BCUT2D eigenvalue weighted by molar-refractivity contribution is 5.97. The van der Waals surface area contributed by atoms with E-state index in [4.69, 9.17) is 0 Å². The monoisotopic (exact) mass is 1680 g/mol. The number of aromatic hydroxyl groups is 2. The first-order valence-corrected chi connectivity index (χ1v) is 49.1. The minimum atomic E-state index is -0.382. The molecular weight excluding hydrogens is 1540 g/mol. The first kappa shape index (κ1) is 86.8. The van der Waals surface area contributed by atoms with Crippen molar-refractivity contribution in [1.29, 1.82) is 0 Å². The van der Waals surface area contributed by atoms with Gasteiger partial charge in [-0.3, -0.25) is 9.59 Å². The second-order valence-corrected chi connectivity index (χ2v) is 45.3. The van der Waals surface area contributed by atoms with E-state index in [-0.39, 0.29) is 105 Å². The van der Waals surface area contributed by atoms with Crippen molar-refractivity contribution in [2.75, 3.05) is 0 Å². The number of aliphatic hydroxyl groups excluding tert-OH is 8. The van der Waals surface area contributed by atoms with Gasteiger partial charge in [0.05, 0.1) is 48.8 Å². The maximum Gasteiger partial charge on any atom is 0.141 e. The lowest BCUT2D eigenvalue weighted by Gasteiger charge is -2.52. The lowest BCUT2D eigenvalue weighted by molar-refractivity contribution is -0.139. The van der Waals surface area contributed by atoms with E-state index in [0.717, 1.165) is 141 Å². The third kappa shape index (κ3) is 14.4. The molecule has 10 saturated carbocycles. The Hall–Kier alpha value is -6.58. The van der Waals surface area contributed by atoms with Crippen LogP contribution in [0.15, 0.2) is 121 Å². The van der Waals surface area contributed by atoms with E-state index in [2.05, 4.69) is 153 Å². The fourth-order valence-corrected chi connectivity index (χ4v) is 32.5. The molecule has 12 heteroatoms. The van der Waals surface area contributed by atoms with Crippen molar-refractivity contribution >= 4 is 22.7 Å². The molecule has 6 aromatic carbocycles. The van der Waals surface area contributed by atoms with Gasteiger partial charge >= 0.3 is 0 Å². The van der Waals surface area contributed by atoms with Crippen LogP contribution in [0.4, 0.5) is 0 Å². The third-order valence-electron chi connectivity index (χ3n) is 39.0. The molecule has 30 atom stereocenters. The van der Waals surface area contributed by atoms with E-state index in [0.29, 0.717) is 113 Å². The van der Waals surface area contributed by atoms with Gasteiger partial charge in [-0.2, -0.15) is 0 Å². The first-order valence-electron chi connectivity index (χ1n) is 49.1. The Bertz CT molecular complexity index is 4800. The summed E-state index contributed by atoms with van der Waals surface area (Å²) < 4.78 is 0. The number of phenols is 2. The SMILES string of the molecule is C[C@]12CC=C3c4ccc(O)cc4CCC3C1CCC2O.C[C@]12C[C@H](O)C3c4ccc(O)cc4CCC3C1CC[C@@H]2O.Cc1ccc2c(c1)CCC1C2=CC[C@]2(C)C(O)CCC12.Cc1ccc2c(c1)CCC1C2C(=O)C[C@]2(C)C(=O)CCC12.Cc1ccc2c(c1)CCC1C2[C@@H](O)C[C@@]2(C)C1CC[C@@H]2O.Cc1ccc2c(c1)CCC1C2[C@H](O)C[C@]2(C)C(O)CCC12. The number of Topliss-reactive ketones (excluding diaryl/α,β-unsaturated/α-hetero) is 2. The van der Waals surface area contributed by atoms with E-state index >= 15 is 0 Å². The van der Waals surface area contributed by atoms with Crippen LogP contribution in [-0.4, -0.2) is 111 Å². The highest BCUT2D eigenvalue weighted by Crippen LogP contribution is 2.67. The van der Waals surface area contributed by atoms with Crippen LogP contribution in [0.3, 0.4) is 0 Å². The first-order chi connectivity index (χ1) is 59.2. The van der Waals surface area contributed by atoms with Gasteiger partial charge in [-0.1, -0.05) is 161 Å². The second-order valence-electron chi connectivity index (χ2n) is 45.3. The minimum Gasteiger partial charge on any atom is -0.508 e. The van der Waals surface area contributed by atoms with Gasteiger partial charge in [-0.05, 0) is 397 Å². The van der Waals surface area contributed by atoms with Crippen LogP contribution < -0.4 is 0 Å². The van der Waals surface area contributed by atoms with Gasteiger partial charge in [-0.25, -0.2) is 0 Å². The van der Waals surface area contributed by atoms with Crippen LogP contribution in [0.5, 0.6) is 11.5 Å². The summed E-state index contributed by atoms with van der Waals surface area (Å²) in [5.41, 5.74) is 24.3. The molecule has 0 bridgehead atoms. The van der Waals surface area contributed by atoms with Crippen LogP contribution >= 0.6 is 0 Å². The fourth-order valence-electron chi connectivity index (χ4n) is 32.5. The van der Waals surface area contributed by atoms with E-state index in [9.17, 15) is 60.7 Å². The molecule has 24 rings (SSSR count). The quantitative estimate of drug-likeness (QED) is 0.0684. The van der Waals surface area contributed by atoms with E-state index in [1.165, 1.54) is 127 Å². The zero-order chi connectivity index (χ0) is 86.9. The zero-order valence-corrected chi connectivity index (χ0v) is 75.9. The molecule has 10 N–H and O–H groups in total. The summed E-state index contributed by atoms with van der Waals surface area (Å²) >= 11 is 0. The Balaban J connectivity index is 0.0000000976. The Kier molecular flexibility index (Phi) is 23.0. The minimum absolute atomic E-state index is 0.0540. The predicted octanol–water partition coefficient (Wildman–Crippen LogP) is 20.2. The van der Waals surface area contributed by atoms with Crippen LogP contribution in [0.2, 0.25) is 0 Å². The summed E-state index contributed by atoms with van der Waals surface area (Å²) in [6, 6.07) is 38.4. The van der Waals surface area contributed by atoms with Crippen molar-refractivity contribution in [2.45, 2.75) is 334 Å². The van der Waals surface area contributed by atoms with Crippen molar-refractivity contribution in [3.63, 3.8) is 0 Å². The Labute approximate surface area is 738 Å². The lowest BCUT2D eigenvalue weighted by Crippen LogP contribution is -2.50. The lowest BCUT2D eigenvalue weighted by atomic mass is 9.54. The standard InChI is InChI=1S/2C19H26O2.C19H22O2.C19H24O.C18H24O3.C18H22O2/c3*1-11-3-5-13-12(9-11)4-6-14-15-7-8-17(21)19(15,2)10-16(20)18(13)14;1-12-3-5-14-13(11-12)4-6-16-15(14)9-10-19(2)17(16)7-8-18(19)20;1-18-9-15(20)17-12-5-3-11(19)8-10(12)2-4-13(17)14(18)6-7-16(18)21;1-18-9-8-14-13-5-3-12(19)10-11(13)2-4-15(14)16(18)6-7-17(18)20/h2*3,5,9,14-18,20-21H,4,6-8,10H2,1-2H3;3,5,9,14-15,18H,4,6-8,10H2,1-2H3;3,5,9,11,16-18,20H,4,6-8,10H2,1-2H3;3,5,8,13-17,19-21H,2,4,6-7,9H2,1H3;3,5,8,10,15-17,19-20H,2,4,6-7,9H2,1H3/t14?,15?,16-,17?,18?,19+;14?,15?,16-,17-,18?,19-;14?,15?,18?,19-;16?,17?,18?,19-;13?,14?,15-,16-,17?,18-;15?,16?,17?,18-/m100000/s1. The number of aryl methyl sites for hydroxylation is 10. The smallest absolute Gasteiger partial charge is 0.141 e. The molecule has 0 radical (unpaired) electrons. The molecule has 19 unspecified atom stereocenters. The van der Waals surface area contributed by atoms with Gasteiger partial charge in [0.25, 0.3) is 0 Å². The average molecular weight is 1680 g/mol. The molecule has 0 spiro atoms. The maximum atomic E-state index is 12.8. The number of benzene rings is 6. The molecule has 18 aliphatic carbocycles. The summed E-state index contributed by atoms with van der Waals surface area (Å²) in [6.45, 7) is 21.8. The molecule has 0 aliphatic heterocycles. The molecule has 10 fully saturated rings. The number of fused-ring (bicyclic) bond motifs is 30. The van der Waals surface area contributed by atoms with Gasteiger partial charge < -0.3 is 51.1 Å². The Morgan fingerprint density at radius 2 is 0.629 bits per heavy atom. The topological polar surface area (TPSA) is 236 Å². The Morgan fingerprint density at radius 1 is 0.306 bits per heavy atom. The number of allylic oxidation sites excluding steroid dienone is 4. The Morgan fingerprint density at radius 3 is 1.06 bits per heavy atom. The molecule has 12 nitrogen and oxygen atoms in total. The molecule has 0 heterocycles. The van der Waals surface area contributed by atoms with Crippen LogP contribution in [0.25, 0.3) is 11.1 Å². The predicted molar refractivity (Wildman–Crippen MR) is 489 cm³/mol. The van der Waals surface area contributed by atoms with E-state index in [1.54, 1.807) is 17.7 Å². The number of carbonyl (C=O) groups is 2. The molecule has 18 aliphatic rings. The number of aliphatic hydroxyl groups is 8. The van der Waals surface area contributed by atoms with Crippen molar-refractivity contribution in [1.82, 2.24) is 0 Å². The summed E-state index contributed by atoms with van der Waals surface area (Å²) in [5.74, 6) is 8.77. The number of phenolic OH excluding ortho intramolecular Hbond substituents is 2. The second kappa shape index (κ2) is 32.8. The fraction of sp³-hybridized carbons (Fsp3) is 0.625. The zero-order valence-electron chi connectivity index (χ0n) is 75.9. The molecule has 124 heavy (non-hydrogen) atoms. The van der Waals surface area contributed by atoms with Crippen molar-refractivity contribution < 1.29 is 60.7 Å². The van der Waals surface area contributed by atoms with Gasteiger partial charge in [0.1, 0.15) is 23.1 Å². The number of hydrogen-bond donors (Lipinski definition) is 10. The molecule has 664 valence electrons. The summed E-state index contributed by atoms with van der Waals surface area (Å²) in [7, 11) is 0. The summed E-state index contributed by atoms with van der Waals surface area (Å²) in [5, 5.41) is 104. The number of rotatable bonds is 0. The summed E-state index contributed by atoms with van der Waals surface area (Å²) in [4.78, 5) is 25.1. The van der Waals surface area contributed by atoms with Crippen LogP contribution in [-0.2, 0) is 48.1 Å². The molecule has 0 saturated heterocycles. The molecule has 0 aromatic heterocycles. The van der Waals surface area contributed by atoms with Gasteiger partial charge in [0, 0.05) is 52.8 Å². The molecule has 0 amide bonds. The highest BCUT2D eigenvalue weighted by Gasteiger charge is 2.63. The van der Waals surface area contributed by atoms with Crippen molar-refractivity contribution in [2.24, 2.45) is 104 Å². The van der Waals surface area contributed by atoms with Crippen molar-refractivity contribution in [3.8, 4) is 11.5 Å². The van der Waals surface area contributed by atoms with E-state index in [1.807, 2.05) is 25.1 Å². The third-order valence-corrected chi connectivity index (χ3v) is 39.0. The van der Waals surface area contributed by atoms with Crippen molar-refractivity contribution in [3.05, 3.63) is 210 Å². The maximum absolute atomic E-state index is 12.8. The van der Waals surface area contributed by atoms with Gasteiger partial charge in [0.15, 0.2) is 0 Å². The molecule has 6 aromatic rings. The van der Waals surface area contributed by atoms with Crippen LogP contribution in [0, 0.1) is 131 Å². The van der Waals surface area contributed by atoms with Crippen LogP contribution in [0.1, 0.15) is 308 Å². The number of hydrogen-bond acceptors (Lipinski definition) is 12. The number of ketones is 2. The van der Waals surface area contributed by atoms with E-state index < -0.39 is 0 Å². The highest BCUT2D eigenvalue weighted by atomic mass is 16.3. The number of carbonyl (C=O) groups excluding carboxylic acids is 2. The molecular formula is C112H144O12. The summed E-state index contributed by atoms with van der Waals surface area (Å²) in [6.07, 6.45) is 33.1. The van der Waals surface area contributed by atoms with Gasteiger partial charge in [0.2, 0.25) is 0 Å². The average Bonchev–Trinajstić information content (AvgIpc) is 1.47. The normalized spacial score (nSPS) is 41.7. The van der Waals surface area contributed by atoms with Gasteiger partial charge in [-0.15, -0.1) is 0 Å². The largest absolute Gasteiger partial charge is 0.508 e.